The highest BCUT2D eigenvalue weighted by Gasteiger charge is 2.22. The molecule has 29 heavy (non-hydrogen) atoms. The summed E-state index contributed by atoms with van der Waals surface area (Å²) in [5.41, 5.74) is 4.07. The molecule has 2 aromatic rings. The highest BCUT2D eigenvalue weighted by atomic mass is 32.2. The van der Waals surface area contributed by atoms with Crippen molar-refractivity contribution in [2.24, 2.45) is 0 Å². The van der Waals surface area contributed by atoms with E-state index in [9.17, 15) is 13.2 Å². The Kier molecular flexibility index (Phi) is 6.63. The lowest BCUT2D eigenvalue weighted by molar-refractivity contribution is 0.0761. The van der Waals surface area contributed by atoms with E-state index in [0.717, 1.165) is 48.3 Å². The molecular formula is C23H30N2O3S. The van der Waals surface area contributed by atoms with Gasteiger partial charge in [-0.15, -0.1) is 0 Å². The summed E-state index contributed by atoms with van der Waals surface area (Å²) in [7, 11) is -3.45. The van der Waals surface area contributed by atoms with E-state index in [1.54, 1.807) is 0 Å². The Bertz CT molecular complexity index is 940. The fourth-order valence-electron chi connectivity index (χ4n) is 3.94. The van der Waals surface area contributed by atoms with Crippen LogP contribution in [-0.4, -0.2) is 38.6 Å². The highest BCUT2D eigenvalue weighted by Crippen LogP contribution is 2.28. The molecule has 0 radical (unpaired) electrons. The molecule has 0 spiro atoms. The Balaban J connectivity index is 1.82. The van der Waals surface area contributed by atoms with Crippen molar-refractivity contribution in [2.45, 2.75) is 46.1 Å². The maximum atomic E-state index is 12.8. The van der Waals surface area contributed by atoms with E-state index in [2.05, 4.69) is 0 Å². The number of amides is 1. The average molecular weight is 415 g/mol. The molecule has 0 aliphatic carbocycles. The van der Waals surface area contributed by atoms with Crippen LogP contribution < -0.4 is 4.31 Å². The molecule has 156 valence electrons. The summed E-state index contributed by atoms with van der Waals surface area (Å²) in [4.78, 5) is 14.7. The van der Waals surface area contributed by atoms with E-state index in [0.29, 0.717) is 5.56 Å². The number of nitrogens with zero attached hydrogens (tertiary/aromatic N) is 2. The van der Waals surface area contributed by atoms with E-state index in [1.807, 2.05) is 61.2 Å². The molecule has 1 saturated heterocycles. The number of aryl methyl sites for hydroxylation is 2. The monoisotopic (exact) mass is 414 g/mol. The van der Waals surface area contributed by atoms with Crippen LogP contribution in [-0.2, 0) is 16.6 Å². The summed E-state index contributed by atoms with van der Waals surface area (Å²) >= 11 is 0. The number of benzene rings is 2. The molecule has 1 fully saturated rings. The van der Waals surface area contributed by atoms with Gasteiger partial charge in [-0.25, -0.2) is 8.42 Å². The van der Waals surface area contributed by atoms with Crippen molar-refractivity contribution >= 4 is 21.6 Å². The second kappa shape index (κ2) is 8.99. The largest absolute Gasteiger partial charge is 0.339 e. The zero-order valence-electron chi connectivity index (χ0n) is 17.5. The first-order valence-electron chi connectivity index (χ1n) is 10.2. The second-order valence-electron chi connectivity index (χ2n) is 7.91. The predicted octanol–water partition coefficient (Wildman–Crippen LogP) is 4.29. The van der Waals surface area contributed by atoms with Crippen LogP contribution in [0.5, 0.6) is 0 Å². The summed E-state index contributed by atoms with van der Waals surface area (Å²) in [5, 5.41) is 0. The van der Waals surface area contributed by atoms with E-state index < -0.39 is 10.0 Å². The van der Waals surface area contributed by atoms with Crippen LogP contribution in [0.1, 0.15) is 52.7 Å². The van der Waals surface area contributed by atoms with Crippen LogP contribution in [0, 0.1) is 13.8 Å². The molecule has 0 saturated carbocycles. The second-order valence-corrected chi connectivity index (χ2v) is 9.82. The summed E-state index contributed by atoms with van der Waals surface area (Å²) in [5.74, 6) is 0.0631. The molecule has 0 unspecified atom stereocenters. The molecule has 1 aliphatic heterocycles. The maximum Gasteiger partial charge on any atom is 0.253 e. The lowest BCUT2D eigenvalue weighted by Crippen LogP contribution is -2.32. The van der Waals surface area contributed by atoms with Crippen LogP contribution in [0.2, 0.25) is 0 Å². The predicted molar refractivity (Wildman–Crippen MR) is 118 cm³/mol. The molecule has 0 N–H and O–H groups in total. The first-order chi connectivity index (χ1) is 13.8. The number of hydrogen-bond donors (Lipinski definition) is 0. The van der Waals surface area contributed by atoms with Crippen LogP contribution in [0.25, 0.3) is 0 Å². The Morgan fingerprint density at radius 2 is 1.48 bits per heavy atom. The smallest absolute Gasteiger partial charge is 0.253 e. The van der Waals surface area contributed by atoms with Crippen LogP contribution in [0.3, 0.4) is 0 Å². The van der Waals surface area contributed by atoms with Gasteiger partial charge in [-0.2, -0.15) is 0 Å². The molecular weight excluding hydrogens is 384 g/mol. The van der Waals surface area contributed by atoms with Crippen molar-refractivity contribution < 1.29 is 13.2 Å². The normalized spacial score (nSPS) is 15.1. The molecule has 0 bridgehead atoms. The summed E-state index contributed by atoms with van der Waals surface area (Å²) in [6.45, 7) is 5.71. The molecule has 1 amide bonds. The minimum Gasteiger partial charge on any atom is -0.339 e. The fourth-order valence-corrected chi connectivity index (χ4v) is 4.94. The van der Waals surface area contributed by atoms with Crippen LogP contribution >= 0.6 is 0 Å². The van der Waals surface area contributed by atoms with E-state index in [-0.39, 0.29) is 12.5 Å². The van der Waals surface area contributed by atoms with Crippen molar-refractivity contribution in [3.05, 3.63) is 64.7 Å². The van der Waals surface area contributed by atoms with Gasteiger partial charge in [0.1, 0.15) is 0 Å². The van der Waals surface area contributed by atoms with Gasteiger partial charge < -0.3 is 4.90 Å². The summed E-state index contributed by atoms with van der Waals surface area (Å²) < 4.78 is 26.5. The van der Waals surface area contributed by atoms with Gasteiger partial charge in [0.15, 0.2) is 0 Å². The molecule has 2 aromatic carbocycles. The standard InChI is InChI=1S/C23H30N2O3S/c1-18-9-8-10-19(2)22(18)25(29(3,27)28)17-20-11-13-21(14-12-20)23(26)24-15-6-4-5-7-16-24/h8-14H,4-7,15-17H2,1-3H3. The van der Waals surface area contributed by atoms with Crippen LogP contribution in [0.15, 0.2) is 42.5 Å². The van der Waals surface area contributed by atoms with E-state index in [1.165, 1.54) is 23.4 Å². The third kappa shape index (κ3) is 5.18. The minimum atomic E-state index is -3.45. The highest BCUT2D eigenvalue weighted by molar-refractivity contribution is 7.92. The number of carbonyl (C=O) groups is 1. The Morgan fingerprint density at radius 1 is 0.931 bits per heavy atom. The first kappa shape index (κ1) is 21.4. The number of sulfonamides is 1. The number of likely N-dealkylation sites (tertiary alicyclic amines) is 1. The van der Waals surface area contributed by atoms with Crippen molar-refractivity contribution in [1.29, 1.82) is 0 Å². The summed E-state index contributed by atoms with van der Waals surface area (Å²) in [6.07, 6.45) is 5.71. The molecule has 6 heteroatoms. The lowest BCUT2D eigenvalue weighted by Gasteiger charge is -2.26. The minimum absolute atomic E-state index is 0.0631. The first-order valence-corrected chi connectivity index (χ1v) is 12.0. The fraction of sp³-hybridized carbons (Fsp3) is 0.435. The van der Waals surface area contributed by atoms with Crippen molar-refractivity contribution in [2.75, 3.05) is 23.7 Å². The molecule has 1 heterocycles. The number of carbonyl (C=O) groups excluding carboxylic acids is 1. The van der Waals surface area contributed by atoms with E-state index >= 15 is 0 Å². The van der Waals surface area contributed by atoms with Gasteiger partial charge in [-0.1, -0.05) is 43.2 Å². The SMILES string of the molecule is Cc1cccc(C)c1N(Cc1ccc(C(=O)N2CCCCCC2)cc1)S(C)(=O)=O. The lowest BCUT2D eigenvalue weighted by atomic mass is 10.1. The van der Waals surface area contributed by atoms with Gasteiger partial charge in [-0.3, -0.25) is 9.10 Å². The topological polar surface area (TPSA) is 57.7 Å². The molecule has 5 nitrogen and oxygen atoms in total. The number of hydrogen-bond acceptors (Lipinski definition) is 3. The van der Waals surface area contributed by atoms with Gasteiger partial charge in [0, 0.05) is 18.7 Å². The summed E-state index contributed by atoms with van der Waals surface area (Å²) in [6, 6.07) is 13.1. The molecule has 1 aliphatic rings. The zero-order valence-corrected chi connectivity index (χ0v) is 18.3. The van der Waals surface area contributed by atoms with E-state index in [4.69, 9.17) is 0 Å². The maximum absolute atomic E-state index is 12.8. The average Bonchev–Trinajstić information content (AvgIpc) is 2.96. The quantitative estimate of drug-likeness (QED) is 0.733. The Hall–Kier alpha value is -2.34. The third-order valence-electron chi connectivity index (χ3n) is 5.51. The molecule has 3 rings (SSSR count). The van der Waals surface area contributed by atoms with Gasteiger partial charge in [0.05, 0.1) is 18.5 Å². The van der Waals surface area contributed by atoms with Crippen LogP contribution in [0.4, 0.5) is 5.69 Å². The Morgan fingerprint density at radius 3 is 2.00 bits per heavy atom. The molecule has 0 aromatic heterocycles. The number of anilines is 1. The zero-order chi connectivity index (χ0) is 21.0. The molecule has 0 atom stereocenters. The Labute approximate surface area is 174 Å². The van der Waals surface area contributed by atoms with Gasteiger partial charge >= 0.3 is 0 Å². The van der Waals surface area contributed by atoms with Crippen molar-refractivity contribution in [1.82, 2.24) is 4.90 Å². The van der Waals surface area contributed by atoms with Gasteiger partial charge in [-0.05, 0) is 55.5 Å². The number of rotatable bonds is 5. The van der Waals surface area contributed by atoms with Gasteiger partial charge in [0.25, 0.3) is 5.91 Å². The number of para-hydroxylation sites is 1. The van der Waals surface area contributed by atoms with Crippen molar-refractivity contribution in [3.8, 4) is 0 Å². The third-order valence-corrected chi connectivity index (χ3v) is 6.62. The van der Waals surface area contributed by atoms with Crippen molar-refractivity contribution in [3.63, 3.8) is 0 Å². The van der Waals surface area contributed by atoms with Gasteiger partial charge in [0.2, 0.25) is 10.0 Å².